The van der Waals surface area contributed by atoms with E-state index in [9.17, 15) is 28.8 Å². The van der Waals surface area contributed by atoms with Gasteiger partial charge in [0.25, 0.3) is 0 Å². The van der Waals surface area contributed by atoms with E-state index in [1.807, 2.05) is 61.1 Å². The van der Waals surface area contributed by atoms with E-state index in [1.54, 1.807) is 62.3 Å². The first kappa shape index (κ1) is 77.2. The zero-order valence-corrected chi connectivity index (χ0v) is 56.0. The Labute approximate surface area is 516 Å². The zero-order valence-electron chi connectivity index (χ0n) is 54.4. The number of esters is 4. The Morgan fingerprint density at radius 3 is 1.31 bits per heavy atom. The molecule has 2 amide bonds. The number of hydrogen-bond donors (Lipinski definition) is 4. The molecule has 85 heavy (non-hydrogen) atoms. The first-order valence-corrected chi connectivity index (χ1v) is 31.0. The van der Waals surface area contributed by atoms with Crippen LogP contribution in [0.4, 0.5) is 5.69 Å². The maximum atomic E-state index is 14.2. The van der Waals surface area contributed by atoms with Crippen LogP contribution in [0.2, 0.25) is 0 Å². The molecule has 0 radical (unpaired) electrons. The minimum absolute atomic E-state index is 0.000791. The third kappa shape index (κ3) is 38.2. The molecule has 490 valence electrons. The van der Waals surface area contributed by atoms with Gasteiger partial charge >= 0.3 is 23.9 Å². The number of nitrogens with one attached hydrogen (secondary N) is 3. The monoisotopic (exact) mass is 1270 g/mol. The molecule has 1 aromatic rings. The summed E-state index contributed by atoms with van der Waals surface area (Å²) in [5, 5.41) is 9.21. The first-order valence-electron chi connectivity index (χ1n) is 30.2. The van der Waals surface area contributed by atoms with Crippen LogP contribution in [0, 0.1) is 20.8 Å². The van der Waals surface area contributed by atoms with Crippen LogP contribution in [0.3, 0.4) is 0 Å². The Morgan fingerprint density at radius 2 is 0.894 bits per heavy atom. The summed E-state index contributed by atoms with van der Waals surface area (Å²) >= 11 is 3.60. The van der Waals surface area contributed by atoms with Gasteiger partial charge in [-0.25, -0.2) is 0 Å². The smallest absolute Gasteiger partial charge is 0.323 e. The third-order valence-electron chi connectivity index (χ3n) is 12.7. The van der Waals surface area contributed by atoms with Crippen LogP contribution in [-0.4, -0.2) is 247 Å². The summed E-state index contributed by atoms with van der Waals surface area (Å²) in [6.07, 6.45) is 1.05. The highest BCUT2D eigenvalue weighted by molar-refractivity contribution is 9.10. The molecular weight excluding hydrogens is 1160 g/mol. The quantitative estimate of drug-likeness (QED) is 0.0398. The van der Waals surface area contributed by atoms with E-state index >= 15 is 0 Å². The maximum Gasteiger partial charge on any atom is 0.323 e. The fourth-order valence-corrected chi connectivity index (χ4v) is 9.15. The van der Waals surface area contributed by atoms with E-state index in [1.165, 1.54) is 0 Å². The molecule has 1 unspecified atom stereocenters. The van der Waals surface area contributed by atoms with Crippen molar-refractivity contribution in [3.05, 3.63) is 27.2 Å². The number of carbonyl (C=O) groups is 6. The Kier molecular flexibility index (Phi) is 36.2. The molecule has 1 aliphatic rings. The van der Waals surface area contributed by atoms with Crippen molar-refractivity contribution in [3.8, 4) is 0 Å². The lowest BCUT2D eigenvalue weighted by atomic mass is 10.0. The molecule has 24 heteroatoms. The Bertz CT molecular complexity index is 2120. The summed E-state index contributed by atoms with van der Waals surface area (Å²) in [6.45, 7) is 35.7. The number of anilines is 1. The van der Waals surface area contributed by atoms with Crippen molar-refractivity contribution < 1.29 is 71.4 Å². The van der Waals surface area contributed by atoms with Gasteiger partial charge in [-0.15, -0.1) is 0 Å². The van der Waals surface area contributed by atoms with Crippen LogP contribution >= 0.6 is 15.9 Å². The summed E-state index contributed by atoms with van der Waals surface area (Å²) in [6, 6.07) is 1.04. The molecular formula is C61H109BrN8O15. The molecule has 2 atom stereocenters. The van der Waals surface area contributed by atoms with Gasteiger partial charge in [0.1, 0.15) is 28.4 Å². The second kappa shape index (κ2) is 39.9. The van der Waals surface area contributed by atoms with Crippen LogP contribution in [0.15, 0.2) is 10.5 Å². The lowest BCUT2D eigenvalue weighted by Crippen LogP contribution is -2.53. The highest BCUT2D eigenvalue weighted by atomic mass is 79.9. The lowest BCUT2D eigenvalue weighted by molar-refractivity contribution is -0.163. The lowest BCUT2D eigenvalue weighted by Gasteiger charge is -2.37. The molecule has 23 nitrogen and oxygen atoms in total. The van der Waals surface area contributed by atoms with Crippen LogP contribution in [-0.2, 0) is 71.4 Å². The summed E-state index contributed by atoms with van der Waals surface area (Å²) in [7, 11) is 0. The van der Waals surface area contributed by atoms with E-state index < -0.39 is 52.3 Å². The average Bonchev–Trinajstić information content (AvgIpc) is 2.77. The molecule has 1 fully saturated rings. The highest BCUT2D eigenvalue weighted by Crippen LogP contribution is 2.31. The average molecular weight is 1270 g/mol. The zero-order chi connectivity index (χ0) is 63.8. The van der Waals surface area contributed by atoms with Gasteiger partial charge < -0.3 is 64.3 Å². The van der Waals surface area contributed by atoms with Crippen molar-refractivity contribution in [2.75, 3.05) is 163 Å². The number of benzene rings is 1. The number of rotatable bonds is 35. The van der Waals surface area contributed by atoms with Crippen LogP contribution in [0.5, 0.6) is 0 Å². The number of carbonyl (C=O) groups excluding carboxylic acids is 6. The van der Waals surface area contributed by atoms with Crippen molar-refractivity contribution in [2.45, 2.75) is 164 Å². The van der Waals surface area contributed by atoms with E-state index in [2.05, 4.69) is 37.9 Å². The van der Waals surface area contributed by atoms with Crippen LogP contribution in [0.1, 0.15) is 125 Å². The summed E-state index contributed by atoms with van der Waals surface area (Å²) in [4.78, 5) is 87.6. The molecule has 0 saturated carbocycles. The Hall–Kier alpha value is -3.92. The van der Waals surface area contributed by atoms with Gasteiger partial charge in [0, 0.05) is 101 Å². The van der Waals surface area contributed by atoms with Gasteiger partial charge in [-0.05, 0) is 133 Å². The van der Waals surface area contributed by atoms with Gasteiger partial charge in [-0.2, -0.15) is 0 Å². The summed E-state index contributed by atoms with van der Waals surface area (Å²) in [5.74, 6) is -2.04. The van der Waals surface area contributed by atoms with Crippen molar-refractivity contribution >= 4 is 57.3 Å². The molecule has 2 rings (SSSR count). The molecule has 0 aromatic heterocycles. The highest BCUT2D eigenvalue weighted by Gasteiger charge is 2.33. The minimum Gasteiger partial charge on any atom is -0.459 e. The van der Waals surface area contributed by atoms with Crippen LogP contribution < -0.4 is 21.7 Å². The number of amides is 2. The minimum atomic E-state index is -0.855. The first-order chi connectivity index (χ1) is 39.7. The fourth-order valence-electron chi connectivity index (χ4n) is 8.83. The number of halogens is 1. The Balaban J connectivity index is 1.80. The number of nitrogens with zero attached hydrogens (tertiary/aromatic N) is 4. The SMILES string of the molecule is Cc1cc(C)c(NC(=O)CC[C@H](N)CNCCOCCOCCOCCOCCOCCNC(=O)CCC(C(=O)OC(C)(C)C)N2CCN(CC(=O)OC(C)(C)C)CCN(CC(=O)OC(C)(C)C)CCN(CC(=O)OC(C)(C)C)CC2)c(C)c1Br. The van der Waals surface area contributed by atoms with Gasteiger partial charge in [0.2, 0.25) is 11.8 Å². The second-order valence-corrected chi connectivity index (χ2v) is 26.3. The van der Waals surface area contributed by atoms with Gasteiger partial charge in [-0.3, -0.25) is 48.4 Å². The summed E-state index contributed by atoms with van der Waals surface area (Å²) < 4.78 is 52.2. The molecule has 0 aliphatic carbocycles. The van der Waals surface area contributed by atoms with Gasteiger partial charge in [0.15, 0.2) is 0 Å². The molecule has 5 N–H and O–H groups in total. The van der Waals surface area contributed by atoms with E-state index in [4.69, 9.17) is 48.4 Å². The van der Waals surface area contributed by atoms with E-state index in [0.29, 0.717) is 138 Å². The number of aryl methyl sites for hydroxylation is 2. The molecule has 1 heterocycles. The molecule has 1 saturated heterocycles. The third-order valence-corrected chi connectivity index (χ3v) is 13.9. The molecule has 1 aromatic carbocycles. The number of ether oxygens (including phenoxy) is 9. The molecule has 1 aliphatic heterocycles. The largest absolute Gasteiger partial charge is 0.459 e. The topological polar surface area (TPSA) is 261 Å². The van der Waals surface area contributed by atoms with Gasteiger partial charge in [-0.1, -0.05) is 22.0 Å². The fraction of sp³-hybridized carbons (Fsp3) is 0.803. The van der Waals surface area contributed by atoms with Crippen molar-refractivity contribution in [1.82, 2.24) is 30.2 Å². The maximum absolute atomic E-state index is 14.2. The molecule has 0 bridgehead atoms. The standard InChI is InChI=1S/C61H109BrN8O15/c1-45-40-46(2)56(47(3)55(45)62)66-51(72)18-16-48(63)41-64-20-30-77-32-34-79-36-38-81-39-37-80-35-33-78-31-21-65-50(71)19-17-49(57(76)85-61(13,14)15)70-28-26-68(43-53(74)83-59(7,8)9)24-22-67(42-52(73)82-58(4,5)6)23-25-69(27-29-70)44-54(75)84-60(10,11)12/h40,48-49,64H,16-39,41-44,63H2,1-15H3,(H,65,71)(H,66,72)/t48-,49?/m0/s1. The van der Waals surface area contributed by atoms with Crippen molar-refractivity contribution in [2.24, 2.45) is 5.73 Å². The van der Waals surface area contributed by atoms with E-state index in [-0.39, 0.29) is 63.5 Å². The van der Waals surface area contributed by atoms with Crippen molar-refractivity contribution in [3.63, 3.8) is 0 Å². The number of hydrogen-bond acceptors (Lipinski definition) is 21. The normalized spacial score (nSPS) is 15.7. The predicted molar refractivity (Wildman–Crippen MR) is 331 cm³/mol. The Morgan fingerprint density at radius 1 is 0.518 bits per heavy atom. The van der Waals surface area contributed by atoms with Crippen molar-refractivity contribution in [1.29, 1.82) is 0 Å². The predicted octanol–water partition coefficient (Wildman–Crippen LogP) is 4.95. The van der Waals surface area contributed by atoms with Gasteiger partial charge in [0.05, 0.1) is 85.7 Å². The van der Waals surface area contributed by atoms with E-state index in [0.717, 1.165) is 26.9 Å². The number of nitrogens with two attached hydrogens (primary N) is 1. The summed E-state index contributed by atoms with van der Waals surface area (Å²) in [5.41, 5.74) is 7.32. The second-order valence-electron chi connectivity index (χ2n) is 25.5. The molecule has 0 spiro atoms. The van der Waals surface area contributed by atoms with Crippen LogP contribution in [0.25, 0.3) is 0 Å².